The van der Waals surface area contributed by atoms with Crippen molar-refractivity contribution in [3.8, 4) is 0 Å². The maximum Gasteiger partial charge on any atom is 0.246 e. The third-order valence-corrected chi connectivity index (χ3v) is 16.2. The highest BCUT2D eigenvalue weighted by molar-refractivity contribution is 7.82. The van der Waals surface area contributed by atoms with E-state index in [2.05, 4.69) is 49.4 Å². The molecule has 1 aromatic carbocycles. The first kappa shape index (κ1) is 53.8. The molecule has 4 aliphatic heterocycles. The Morgan fingerprint density at radius 2 is 1.45 bits per heavy atom. The van der Waals surface area contributed by atoms with Crippen LogP contribution in [0.1, 0.15) is 133 Å². The average Bonchev–Trinajstić information content (AvgIpc) is 3.92. The maximum absolute atomic E-state index is 13.0. The van der Waals surface area contributed by atoms with Gasteiger partial charge in [0.1, 0.15) is 18.6 Å². The largest absolute Gasteiger partial charge is 0.401 e. The van der Waals surface area contributed by atoms with E-state index in [4.69, 9.17) is 23.0 Å². The second-order valence-electron chi connectivity index (χ2n) is 19.5. The van der Waals surface area contributed by atoms with Crippen molar-refractivity contribution in [2.45, 2.75) is 159 Å². The summed E-state index contributed by atoms with van der Waals surface area (Å²) in [4.78, 5) is 63.4. The molecule has 4 saturated heterocycles. The minimum absolute atomic E-state index is 0.00145. The van der Waals surface area contributed by atoms with Crippen LogP contribution in [0.25, 0.3) is 0 Å². The van der Waals surface area contributed by atoms with E-state index in [1.807, 2.05) is 0 Å². The number of rotatable bonds is 19. The molecule has 1 aromatic rings. The fourth-order valence-corrected chi connectivity index (χ4v) is 12.8. The molecule has 5 fully saturated rings. The molecule has 7 rings (SSSR count). The van der Waals surface area contributed by atoms with Gasteiger partial charge in [0.15, 0.2) is 0 Å². The van der Waals surface area contributed by atoms with E-state index in [0.29, 0.717) is 49.6 Å². The first-order chi connectivity index (χ1) is 32.3. The van der Waals surface area contributed by atoms with Crippen LogP contribution in [0.2, 0.25) is 0 Å². The zero-order valence-corrected chi connectivity index (χ0v) is 41.1. The monoisotopic (exact) mass is 954 g/mol. The molecule has 11 N–H and O–H groups in total. The number of carbonyl (C=O) groups is 5. The van der Waals surface area contributed by atoms with Crippen molar-refractivity contribution < 1.29 is 28.2 Å². The summed E-state index contributed by atoms with van der Waals surface area (Å²) in [5, 5.41) is 9.78. The van der Waals surface area contributed by atoms with Crippen LogP contribution in [0, 0.1) is 11.8 Å². The Labute approximate surface area is 402 Å². The second-order valence-corrected chi connectivity index (χ2v) is 20.9. The van der Waals surface area contributed by atoms with Gasteiger partial charge in [0.2, 0.25) is 29.5 Å². The van der Waals surface area contributed by atoms with Gasteiger partial charge in [-0.25, -0.2) is 14.4 Å². The van der Waals surface area contributed by atoms with Gasteiger partial charge >= 0.3 is 0 Å². The smallest absolute Gasteiger partial charge is 0.246 e. The quantitative estimate of drug-likeness (QED) is 0.0603. The predicted octanol–water partition coefficient (Wildman–Crippen LogP) is 2.44. The Kier molecular flexibility index (Phi) is 22.8. The van der Waals surface area contributed by atoms with Gasteiger partial charge in [-0.1, -0.05) is 49.9 Å². The van der Waals surface area contributed by atoms with E-state index in [0.717, 1.165) is 76.8 Å². The Bertz CT molecular complexity index is 1760. The molecule has 67 heavy (non-hydrogen) atoms. The zero-order valence-electron chi connectivity index (χ0n) is 40.3. The molecular formula is C49H83N11O6S. The number of likely N-dealkylation sites (N-methyl/N-ethyl adjacent to an activating group) is 1. The molecule has 376 valence electrons. The van der Waals surface area contributed by atoms with Gasteiger partial charge in [-0.15, -0.1) is 0 Å². The Morgan fingerprint density at radius 3 is 2.06 bits per heavy atom. The summed E-state index contributed by atoms with van der Waals surface area (Å²) in [5.41, 5.74) is 19.8. The number of nitrogens with one attached hydrogen (secondary N) is 3. The second kappa shape index (κ2) is 28.4. The van der Waals surface area contributed by atoms with E-state index < -0.39 is 34.9 Å². The third kappa shape index (κ3) is 17.7. The summed E-state index contributed by atoms with van der Waals surface area (Å²) in [6.45, 7) is 4.32. The van der Waals surface area contributed by atoms with Crippen molar-refractivity contribution in [2.75, 3.05) is 58.6 Å². The van der Waals surface area contributed by atoms with E-state index in [9.17, 15) is 28.2 Å². The fourth-order valence-electron chi connectivity index (χ4n) is 10.8. The van der Waals surface area contributed by atoms with Crippen molar-refractivity contribution in [3.05, 3.63) is 47.3 Å². The van der Waals surface area contributed by atoms with Gasteiger partial charge in [-0.2, -0.15) is 0 Å². The number of benzene rings is 1. The predicted molar refractivity (Wildman–Crippen MR) is 263 cm³/mol. The lowest BCUT2D eigenvalue weighted by Gasteiger charge is -2.36. The van der Waals surface area contributed by atoms with Crippen molar-refractivity contribution in [2.24, 2.45) is 34.9 Å². The SMILES string of the molecule is CNCC(=O)NC(C(=O)N1CCCC1C(N)=O)C1CCCCC1.NC(=O)CC/C(N)=C/N(N)CC(=O)NCCCN1CCC(CS(=O)N2C3CCCC2CC3)CC1.c1ccc2c(c1)CCCC2. The van der Waals surface area contributed by atoms with Crippen LogP contribution in [-0.4, -0.2) is 136 Å². The Hall–Kier alpha value is -4.10. The summed E-state index contributed by atoms with van der Waals surface area (Å²) in [6.07, 6.45) is 23.2. The molecule has 2 bridgehead atoms. The average molecular weight is 954 g/mol. The molecule has 5 unspecified atom stereocenters. The highest BCUT2D eigenvalue weighted by atomic mass is 32.2. The van der Waals surface area contributed by atoms with Gasteiger partial charge < -0.3 is 48.0 Å². The molecule has 5 atom stereocenters. The van der Waals surface area contributed by atoms with Gasteiger partial charge in [0, 0.05) is 49.2 Å². The number of primary amides is 2. The van der Waals surface area contributed by atoms with Crippen LogP contribution < -0.4 is 39.0 Å². The van der Waals surface area contributed by atoms with Crippen LogP contribution in [0.4, 0.5) is 0 Å². The first-order valence-corrected chi connectivity index (χ1v) is 26.6. The van der Waals surface area contributed by atoms with Crippen molar-refractivity contribution in [1.82, 2.24) is 35.1 Å². The lowest BCUT2D eigenvalue weighted by molar-refractivity contribution is -0.142. The van der Waals surface area contributed by atoms with Gasteiger partial charge in [-0.3, -0.25) is 24.0 Å². The van der Waals surface area contributed by atoms with Crippen LogP contribution in [0.3, 0.4) is 0 Å². The highest BCUT2D eigenvalue weighted by Crippen LogP contribution is 2.37. The van der Waals surface area contributed by atoms with Gasteiger partial charge in [0.05, 0.1) is 17.5 Å². The molecule has 2 aliphatic carbocycles. The molecule has 4 heterocycles. The minimum Gasteiger partial charge on any atom is -0.401 e. The van der Waals surface area contributed by atoms with Crippen molar-refractivity contribution in [1.29, 1.82) is 0 Å². The third-order valence-electron chi connectivity index (χ3n) is 14.4. The van der Waals surface area contributed by atoms with E-state index in [1.165, 1.54) is 75.4 Å². The number of nitrogens with zero attached hydrogens (tertiary/aromatic N) is 4. The highest BCUT2D eigenvalue weighted by Gasteiger charge is 2.41. The molecular weight excluding hydrogens is 871 g/mol. The summed E-state index contributed by atoms with van der Waals surface area (Å²) in [5.74, 6) is 5.91. The summed E-state index contributed by atoms with van der Waals surface area (Å²) in [6, 6.07) is 8.86. The number of amides is 5. The van der Waals surface area contributed by atoms with Crippen molar-refractivity contribution >= 4 is 40.5 Å². The lowest BCUT2D eigenvalue weighted by atomic mass is 9.83. The Balaban J connectivity index is 0.000000216. The van der Waals surface area contributed by atoms with Crippen molar-refractivity contribution in [3.63, 3.8) is 0 Å². The van der Waals surface area contributed by atoms with Gasteiger partial charge in [-0.05, 0) is 152 Å². The zero-order chi connectivity index (χ0) is 48.1. The number of allylic oxidation sites excluding steroid dienone is 1. The molecule has 17 nitrogen and oxygen atoms in total. The topological polar surface area (TPSA) is 256 Å². The number of nitrogens with two attached hydrogens (primary N) is 4. The molecule has 1 saturated carbocycles. The number of hydrazine groups is 1. The van der Waals surface area contributed by atoms with Gasteiger partial charge in [0.25, 0.3) is 0 Å². The summed E-state index contributed by atoms with van der Waals surface area (Å²) < 4.78 is 15.4. The number of carbonyl (C=O) groups excluding carboxylic acids is 5. The first-order valence-electron chi connectivity index (χ1n) is 25.3. The van der Waals surface area contributed by atoms with Crippen LogP contribution in [-0.2, 0) is 47.8 Å². The molecule has 6 aliphatic rings. The van der Waals surface area contributed by atoms with E-state index in [-0.39, 0.29) is 43.1 Å². The lowest BCUT2D eigenvalue weighted by Crippen LogP contribution is -2.56. The summed E-state index contributed by atoms with van der Waals surface area (Å²) >= 11 is 0. The fraction of sp³-hybridized carbons (Fsp3) is 0.735. The Morgan fingerprint density at radius 1 is 0.791 bits per heavy atom. The number of hydrogen-bond donors (Lipinski definition) is 7. The van der Waals surface area contributed by atoms with E-state index >= 15 is 0 Å². The molecule has 0 aromatic heterocycles. The molecule has 0 radical (unpaired) electrons. The normalized spacial score (nSPS) is 23.3. The standard InChI is InChI=1S/C23H43N7O3S.C16H28N4O3.C10H12/c24-19(5-8-22(25)31)15-29(26)16-23(32)27-11-2-12-28-13-9-18(10-14-28)17-34(33)30-20-3-1-4-21(30)7-6-20;1-18-10-13(21)19-14(11-6-3-2-4-7-11)16(23)20-9-5-8-12(20)15(17)22;1-2-6-10-8-4-3-7-9(10)5-1/h15,18,20-21H,1-14,16-17,24,26H2,(H2,25,31)(H,27,32);11-12,14,18H,2-10H2,1H3,(H2,17,22)(H,19,21);1-2,5-6H,3-4,7-8H2/b19-15-;;. The maximum atomic E-state index is 13.0. The van der Waals surface area contributed by atoms with Crippen LogP contribution in [0.5, 0.6) is 0 Å². The van der Waals surface area contributed by atoms with Crippen LogP contribution >= 0.6 is 0 Å². The number of hydrogen-bond acceptors (Lipinski definition) is 11. The molecule has 5 amide bonds. The minimum atomic E-state index is -0.817. The number of fused-ring (bicyclic) bond motifs is 3. The summed E-state index contributed by atoms with van der Waals surface area (Å²) in [7, 11) is 0.878. The van der Waals surface area contributed by atoms with Crippen LogP contribution in [0.15, 0.2) is 36.2 Å². The molecule has 18 heteroatoms. The molecule has 0 spiro atoms. The number of piperidine rings is 2. The number of aryl methyl sites for hydroxylation is 2. The van der Waals surface area contributed by atoms with E-state index in [1.54, 1.807) is 23.1 Å². The number of likely N-dealkylation sites (tertiary alicyclic amines) is 2.